The molecule has 1 saturated carbocycles. The van der Waals surface area contributed by atoms with E-state index in [1.54, 1.807) is 0 Å². The van der Waals surface area contributed by atoms with Gasteiger partial charge in [-0.25, -0.2) is 0 Å². The first kappa shape index (κ1) is 16.0. The van der Waals surface area contributed by atoms with E-state index < -0.39 is 0 Å². The Morgan fingerprint density at radius 1 is 1.24 bits per heavy atom. The summed E-state index contributed by atoms with van der Waals surface area (Å²) in [6, 6.07) is 10.3. The molecule has 0 aromatic heterocycles. The summed E-state index contributed by atoms with van der Waals surface area (Å²) < 4.78 is 5.28. The Bertz CT molecular complexity index is 412. The van der Waals surface area contributed by atoms with Gasteiger partial charge in [0.2, 0.25) is 0 Å². The molecule has 0 radical (unpaired) electrons. The second-order valence-corrected chi connectivity index (χ2v) is 5.87. The highest BCUT2D eigenvalue weighted by molar-refractivity contribution is 5.73. The van der Waals surface area contributed by atoms with Crippen LogP contribution in [0.25, 0.3) is 0 Å². The average molecular weight is 289 g/mol. The number of benzene rings is 1. The third-order valence-corrected chi connectivity index (χ3v) is 4.34. The molecular weight excluding hydrogens is 262 g/mol. The molecule has 2 rings (SSSR count). The lowest BCUT2D eigenvalue weighted by atomic mass is 9.80. The SMILES string of the molecule is CCOC(=O)[C@@H](CNCc1ccccc1)C1CCCCC1. The summed E-state index contributed by atoms with van der Waals surface area (Å²) in [6.45, 7) is 3.88. The average Bonchev–Trinajstić information content (AvgIpc) is 2.53. The number of hydrogen-bond acceptors (Lipinski definition) is 3. The summed E-state index contributed by atoms with van der Waals surface area (Å²) in [7, 11) is 0. The normalized spacial score (nSPS) is 17.4. The Balaban J connectivity index is 1.87. The number of carbonyl (C=O) groups excluding carboxylic acids is 1. The molecule has 1 aromatic carbocycles. The number of hydrogen-bond donors (Lipinski definition) is 1. The summed E-state index contributed by atoms with van der Waals surface area (Å²) in [5.41, 5.74) is 1.25. The molecule has 0 amide bonds. The smallest absolute Gasteiger partial charge is 0.310 e. The quantitative estimate of drug-likeness (QED) is 0.780. The number of rotatable bonds is 7. The van der Waals surface area contributed by atoms with Crippen LogP contribution in [-0.2, 0) is 16.1 Å². The Kier molecular flexibility index (Phi) is 6.74. The highest BCUT2D eigenvalue weighted by Gasteiger charge is 2.30. The van der Waals surface area contributed by atoms with Gasteiger partial charge in [-0.15, -0.1) is 0 Å². The molecule has 1 N–H and O–H groups in total. The van der Waals surface area contributed by atoms with Crippen LogP contribution in [0.5, 0.6) is 0 Å². The Hall–Kier alpha value is -1.35. The van der Waals surface area contributed by atoms with Gasteiger partial charge in [0, 0.05) is 13.1 Å². The van der Waals surface area contributed by atoms with Crippen molar-refractivity contribution in [2.75, 3.05) is 13.2 Å². The largest absolute Gasteiger partial charge is 0.466 e. The molecule has 3 heteroatoms. The minimum Gasteiger partial charge on any atom is -0.466 e. The highest BCUT2D eigenvalue weighted by atomic mass is 16.5. The molecule has 0 heterocycles. The number of esters is 1. The molecule has 1 fully saturated rings. The van der Waals surface area contributed by atoms with Gasteiger partial charge in [0.1, 0.15) is 0 Å². The first-order valence-electron chi connectivity index (χ1n) is 8.22. The van der Waals surface area contributed by atoms with E-state index in [0.717, 1.165) is 25.9 Å². The summed E-state index contributed by atoms with van der Waals surface area (Å²) in [5, 5.41) is 3.44. The van der Waals surface area contributed by atoms with Crippen molar-refractivity contribution in [3.63, 3.8) is 0 Å². The molecule has 1 atom stereocenters. The third kappa shape index (κ3) is 5.16. The van der Waals surface area contributed by atoms with E-state index in [4.69, 9.17) is 4.74 Å². The van der Waals surface area contributed by atoms with Crippen LogP contribution in [0.2, 0.25) is 0 Å². The van der Waals surface area contributed by atoms with Crippen molar-refractivity contribution >= 4 is 5.97 Å². The molecule has 0 spiro atoms. The summed E-state index contributed by atoms with van der Waals surface area (Å²) >= 11 is 0. The summed E-state index contributed by atoms with van der Waals surface area (Å²) in [4.78, 5) is 12.2. The van der Waals surface area contributed by atoms with Gasteiger partial charge in [-0.2, -0.15) is 0 Å². The molecular formula is C18H27NO2. The molecule has 0 unspecified atom stereocenters. The highest BCUT2D eigenvalue weighted by Crippen LogP contribution is 2.30. The van der Waals surface area contributed by atoms with E-state index in [1.807, 2.05) is 25.1 Å². The van der Waals surface area contributed by atoms with Crippen molar-refractivity contribution in [2.24, 2.45) is 11.8 Å². The van der Waals surface area contributed by atoms with Gasteiger partial charge in [0.05, 0.1) is 12.5 Å². The summed E-state index contributed by atoms with van der Waals surface area (Å²) in [5.74, 6) is 0.472. The molecule has 0 bridgehead atoms. The predicted octanol–water partition coefficient (Wildman–Crippen LogP) is 3.54. The first-order chi connectivity index (χ1) is 10.3. The molecule has 1 aliphatic carbocycles. The van der Waals surface area contributed by atoms with E-state index in [0.29, 0.717) is 12.5 Å². The van der Waals surface area contributed by atoms with E-state index >= 15 is 0 Å². The Morgan fingerprint density at radius 2 is 1.95 bits per heavy atom. The zero-order valence-corrected chi connectivity index (χ0v) is 13.0. The molecule has 21 heavy (non-hydrogen) atoms. The van der Waals surface area contributed by atoms with Gasteiger partial charge < -0.3 is 10.1 Å². The maximum atomic E-state index is 12.2. The van der Waals surface area contributed by atoms with Crippen molar-refractivity contribution in [3.05, 3.63) is 35.9 Å². The van der Waals surface area contributed by atoms with Gasteiger partial charge in [0.25, 0.3) is 0 Å². The Morgan fingerprint density at radius 3 is 2.62 bits per heavy atom. The fourth-order valence-corrected chi connectivity index (χ4v) is 3.20. The van der Waals surface area contributed by atoms with Crippen LogP contribution in [0.4, 0.5) is 0 Å². The summed E-state index contributed by atoms with van der Waals surface area (Å²) in [6.07, 6.45) is 6.13. The van der Waals surface area contributed by atoms with Crippen LogP contribution in [-0.4, -0.2) is 19.1 Å². The van der Waals surface area contributed by atoms with Gasteiger partial charge in [-0.1, -0.05) is 49.6 Å². The van der Waals surface area contributed by atoms with Crippen molar-refractivity contribution in [1.29, 1.82) is 0 Å². The van der Waals surface area contributed by atoms with Crippen LogP contribution in [0.1, 0.15) is 44.6 Å². The molecule has 116 valence electrons. The molecule has 1 aromatic rings. The van der Waals surface area contributed by atoms with Crippen LogP contribution in [0.3, 0.4) is 0 Å². The number of nitrogens with one attached hydrogen (secondary N) is 1. The lowest BCUT2D eigenvalue weighted by molar-refractivity contribution is -0.150. The van der Waals surface area contributed by atoms with Gasteiger partial charge in [0.15, 0.2) is 0 Å². The molecule has 0 saturated heterocycles. The zero-order valence-electron chi connectivity index (χ0n) is 13.0. The number of carbonyl (C=O) groups is 1. The van der Waals surface area contributed by atoms with Crippen molar-refractivity contribution in [2.45, 2.75) is 45.6 Å². The zero-order chi connectivity index (χ0) is 14.9. The molecule has 1 aliphatic rings. The van der Waals surface area contributed by atoms with Gasteiger partial charge >= 0.3 is 5.97 Å². The minimum absolute atomic E-state index is 0.00830. The fraction of sp³-hybridized carbons (Fsp3) is 0.611. The minimum atomic E-state index is -0.0232. The molecule has 3 nitrogen and oxygen atoms in total. The maximum Gasteiger partial charge on any atom is 0.310 e. The Labute approximate surface area is 128 Å². The lowest BCUT2D eigenvalue weighted by Crippen LogP contribution is -2.36. The van der Waals surface area contributed by atoms with E-state index in [-0.39, 0.29) is 11.9 Å². The van der Waals surface area contributed by atoms with Gasteiger partial charge in [-0.05, 0) is 31.2 Å². The van der Waals surface area contributed by atoms with E-state index in [1.165, 1.54) is 24.8 Å². The van der Waals surface area contributed by atoms with Gasteiger partial charge in [-0.3, -0.25) is 4.79 Å². The maximum absolute atomic E-state index is 12.2. The standard InChI is InChI=1S/C18H27NO2/c1-2-21-18(20)17(16-11-7-4-8-12-16)14-19-13-15-9-5-3-6-10-15/h3,5-6,9-10,16-17,19H,2,4,7-8,11-14H2,1H3/t17-/m0/s1. The second-order valence-electron chi connectivity index (χ2n) is 5.87. The first-order valence-corrected chi connectivity index (χ1v) is 8.22. The van der Waals surface area contributed by atoms with Crippen molar-refractivity contribution < 1.29 is 9.53 Å². The van der Waals surface area contributed by atoms with Crippen molar-refractivity contribution in [1.82, 2.24) is 5.32 Å². The third-order valence-electron chi connectivity index (χ3n) is 4.34. The monoisotopic (exact) mass is 289 g/mol. The van der Waals surface area contributed by atoms with Crippen LogP contribution in [0.15, 0.2) is 30.3 Å². The predicted molar refractivity (Wildman–Crippen MR) is 84.8 cm³/mol. The van der Waals surface area contributed by atoms with Crippen LogP contribution in [0, 0.1) is 11.8 Å². The molecule has 0 aliphatic heterocycles. The van der Waals surface area contributed by atoms with E-state index in [9.17, 15) is 4.79 Å². The fourth-order valence-electron chi connectivity index (χ4n) is 3.20. The van der Waals surface area contributed by atoms with E-state index in [2.05, 4.69) is 17.4 Å². The number of ether oxygens (including phenoxy) is 1. The van der Waals surface area contributed by atoms with Crippen LogP contribution >= 0.6 is 0 Å². The van der Waals surface area contributed by atoms with Crippen LogP contribution < -0.4 is 5.32 Å². The second kappa shape index (κ2) is 8.83. The van der Waals surface area contributed by atoms with Crippen molar-refractivity contribution in [3.8, 4) is 0 Å². The lowest BCUT2D eigenvalue weighted by Gasteiger charge is -2.29. The topological polar surface area (TPSA) is 38.3 Å².